The van der Waals surface area contributed by atoms with Crippen LogP contribution in [0.1, 0.15) is 77.3 Å². The molecule has 0 saturated carbocycles. The van der Waals surface area contributed by atoms with Gasteiger partial charge >= 0.3 is 0 Å². The molecule has 0 aromatic heterocycles. The second-order valence-corrected chi connectivity index (χ2v) is 7.11. The first-order valence-corrected chi connectivity index (χ1v) is 9.13. The lowest BCUT2D eigenvalue weighted by molar-refractivity contribution is 0.439. The van der Waals surface area contributed by atoms with Gasteiger partial charge in [0.15, 0.2) is 0 Å². The van der Waals surface area contributed by atoms with Crippen molar-refractivity contribution in [3.8, 4) is 11.5 Å². The molecule has 0 radical (unpaired) electrons. The van der Waals surface area contributed by atoms with E-state index in [2.05, 4.69) is 33.8 Å². The highest BCUT2D eigenvalue weighted by atomic mass is 16.3. The third-order valence-electron chi connectivity index (χ3n) is 4.34. The summed E-state index contributed by atoms with van der Waals surface area (Å²) >= 11 is 0. The topological polar surface area (TPSA) is 40.5 Å². The van der Waals surface area contributed by atoms with E-state index >= 15 is 0 Å². The maximum Gasteiger partial charge on any atom is 0.123 e. The molecule has 23 heavy (non-hydrogen) atoms. The zero-order chi connectivity index (χ0) is 17.2. The van der Waals surface area contributed by atoms with Crippen molar-refractivity contribution >= 4 is 0 Å². The van der Waals surface area contributed by atoms with Gasteiger partial charge in [0.1, 0.15) is 11.5 Å². The van der Waals surface area contributed by atoms with E-state index in [1.807, 2.05) is 12.1 Å². The van der Waals surface area contributed by atoms with Crippen molar-refractivity contribution in [2.45, 2.75) is 79.1 Å². The molecule has 0 saturated heterocycles. The molecule has 0 bridgehead atoms. The molecule has 1 aromatic rings. The molecule has 0 heterocycles. The number of phenolic OH excluding ortho intramolecular Hbond substituents is 2. The fourth-order valence-electron chi connectivity index (χ4n) is 2.80. The number of unbranched alkanes of at least 4 members (excludes halogenated alkanes) is 2. The number of hydrogen-bond donors (Lipinski definition) is 2. The lowest BCUT2D eigenvalue weighted by atomic mass is 9.99. The predicted molar refractivity (Wildman–Crippen MR) is 99.2 cm³/mol. The second kappa shape index (κ2) is 10.4. The summed E-state index contributed by atoms with van der Waals surface area (Å²) < 4.78 is 0. The van der Waals surface area contributed by atoms with Crippen LogP contribution in [-0.2, 0) is 12.8 Å². The number of aryl methyl sites for hydroxylation is 1. The maximum atomic E-state index is 10.2. The fraction of sp³-hybridized carbons (Fsp3) is 0.619. The zero-order valence-electron chi connectivity index (χ0n) is 15.4. The lowest BCUT2D eigenvalue weighted by Gasteiger charge is -2.10. The van der Waals surface area contributed by atoms with Gasteiger partial charge in [-0.05, 0) is 62.6 Å². The first-order valence-electron chi connectivity index (χ1n) is 9.13. The Hall–Kier alpha value is -1.44. The molecule has 0 unspecified atom stereocenters. The van der Waals surface area contributed by atoms with Crippen molar-refractivity contribution in [3.05, 3.63) is 34.9 Å². The summed E-state index contributed by atoms with van der Waals surface area (Å²) in [5.74, 6) is 1.20. The minimum Gasteiger partial charge on any atom is -0.508 e. The van der Waals surface area contributed by atoms with Crippen LogP contribution in [0.4, 0.5) is 0 Å². The first-order chi connectivity index (χ1) is 10.9. The Morgan fingerprint density at radius 3 is 2.30 bits per heavy atom. The molecule has 0 spiro atoms. The monoisotopic (exact) mass is 318 g/mol. The Morgan fingerprint density at radius 2 is 1.74 bits per heavy atom. The molecule has 0 aliphatic rings. The van der Waals surface area contributed by atoms with Gasteiger partial charge in [-0.25, -0.2) is 0 Å². The molecule has 0 aliphatic heterocycles. The van der Waals surface area contributed by atoms with Gasteiger partial charge < -0.3 is 10.2 Å². The Balaban J connectivity index is 2.62. The van der Waals surface area contributed by atoms with Gasteiger partial charge in [0, 0.05) is 5.56 Å². The van der Waals surface area contributed by atoms with Crippen molar-refractivity contribution in [3.63, 3.8) is 0 Å². The molecule has 0 amide bonds. The van der Waals surface area contributed by atoms with Crippen LogP contribution < -0.4 is 0 Å². The summed E-state index contributed by atoms with van der Waals surface area (Å²) in [6, 6.07) is 3.62. The molecule has 0 atom stereocenters. The van der Waals surface area contributed by atoms with E-state index in [-0.39, 0.29) is 11.5 Å². The molecule has 2 N–H and O–H groups in total. The molecule has 1 aromatic carbocycles. The first kappa shape index (κ1) is 19.6. The van der Waals surface area contributed by atoms with E-state index in [1.165, 1.54) is 31.3 Å². The molecule has 2 nitrogen and oxygen atoms in total. The van der Waals surface area contributed by atoms with Crippen LogP contribution in [0.3, 0.4) is 0 Å². The lowest BCUT2D eigenvalue weighted by Crippen LogP contribution is -1.92. The van der Waals surface area contributed by atoms with Crippen molar-refractivity contribution in [2.24, 2.45) is 5.92 Å². The third kappa shape index (κ3) is 7.58. The highest BCUT2D eigenvalue weighted by molar-refractivity contribution is 5.47. The molecule has 2 heteroatoms. The van der Waals surface area contributed by atoms with Crippen LogP contribution in [0.25, 0.3) is 0 Å². The molecule has 0 fully saturated rings. The SMILES string of the molecule is CCCCCc1cc(O)c(C/C=C(\C)CCCC(C)C)c(O)c1. The van der Waals surface area contributed by atoms with Crippen molar-refractivity contribution in [2.75, 3.05) is 0 Å². The number of phenols is 2. The minimum absolute atomic E-state index is 0.225. The normalized spacial score (nSPS) is 12.1. The van der Waals surface area contributed by atoms with E-state index < -0.39 is 0 Å². The number of allylic oxidation sites excluding steroid dienone is 2. The number of benzene rings is 1. The Bertz CT molecular complexity index is 478. The van der Waals surface area contributed by atoms with Crippen LogP contribution in [0, 0.1) is 5.92 Å². The molecular weight excluding hydrogens is 284 g/mol. The molecular formula is C21H34O2. The number of aromatic hydroxyl groups is 2. The van der Waals surface area contributed by atoms with Crippen LogP contribution >= 0.6 is 0 Å². The van der Waals surface area contributed by atoms with Gasteiger partial charge in [-0.1, -0.05) is 51.7 Å². The van der Waals surface area contributed by atoms with Crippen LogP contribution in [0.15, 0.2) is 23.8 Å². The highest BCUT2D eigenvalue weighted by Crippen LogP contribution is 2.30. The van der Waals surface area contributed by atoms with E-state index in [0.29, 0.717) is 12.0 Å². The summed E-state index contributed by atoms with van der Waals surface area (Å²) in [4.78, 5) is 0. The summed E-state index contributed by atoms with van der Waals surface area (Å²) in [5, 5.41) is 20.4. The van der Waals surface area contributed by atoms with Crippen molar-refractivity contribution in [1.82, 2.24) is 0 Å². The van der Waals surface area contributed by atoms with Gasteiger partial charge in [-0.3, -0.25) is 0 Å². The summed E-state index contributed by atoms with van der Waals surface area (Å²) in [5.41, 5.74) is 3.00. The summed E-state index contributed by atoms with van der Waals surface area (Å²) in [6.07, 6.45) is 10.6. The average molecular weight is 319 g/mol. The van der Waals surface area contributed by atoms with Gasteiger partial charge in [-0.15, -0.1) is 0 Å². The smallest absolute Gasteiger partial charge is 0.123 e. The van der Waals surface area contributed by atoms with Gasteiger partial charge in [-0.2, -0.15) is 0 Å². The van der Waals surface area contributed by atoms with Crippen molar-refractivity contribution in [1.29, 1.82) is 0 Å². The van der Waals surface area contributed by atoms with E-state index in [9.17, 15) is 10.2 Å². The van der Waals surface area contributed by atoms with E-state index in [1.54, 1.807) is 0 Å². The zero-order valence-corrected chi connectivity index (χ0v) is 15.4. The third-order valence-corrected chi connectivity index (χ3v) is 4.34. The molecule has 130 valence electrons. The standard InChI is InChI=1S/C21H34O2/c1-5-6-7-11-18-14-20(22)19(21(23)15-18)13-12-17(4)10-8-9-16(2)3/h12,14-16,22-23H,5-11,13H2,1-4H3/b17-12+. The second-order valence-electron chi connectivity index (χ2n) is 7.11. The van der Waals surface area contributed by atoms with Crippen LogP contribution in [0.5, 0.6) is 11.5 Å². The van der Waals surface area contributed by atoms with Crippen LogP contribution in [-0.4, -0.2) is 10.2 Å². The fourth-order valence-corrected chi connectivity index (χ4v) is 2.80. The van der Waals surface area contributed by atoms with Gasteiger partial charge in [0.25, 0.3) is 0 Å². The summed E-state index contributed by atoms with van der Waals surface area (Å²) in [6.45, 7) is 8.80. The predicted octanol–water partition coefficient (Wildman–Crippen LogP) is 6.15. The number of hydrogen-bond acceptors (Lipinski definition) is 2. The highest BCUT2D eigenvalue weighted by Gasteiger charge is 2.09. The molecule has 0 aliphatic carbocycles. The van der Waals surface area contributed by atoms with Gasteiger partial charge in [0.2, 0.25) is 0 Å². The Morgan fingerprint density at radius 1 is 1.09 bits per heavy atom. The summed E-state index contributed by atoms with van der Waals surface area (Å²) in [7, 11) is 0. The Labute approximate surface area is 142 Å². The van der Waals surface area contributed by atoms with E-state index in [0.717, 1.165) is 30.7 Å². The molecule has 1 rings (SSSR count). The van der Waals surface area contributed by atoms with Gasteiger partial charge in [0.05, 0.1) is 0 Å². The average Bonchev–Trinajstić information content (AvgIpc) is 2.46. The Kier molecular flexibility index (Phi) is 8.83. The quantitative estimate of drug-likeness (QED) is 0.401. The minimum atomic E-state index is 0.225. The van der Waals surface area contributed by atoms with Crippen molar-refractivity contribution < 1.29 is 10.2 Å². The van der Waals surface area contributed by atoms with E-state index in [4.69, 9.17) is 0 Å². The largest absolute Gasteiger partial charge is 0.508 e. The maximum absolute atomic E-state index is 10.2. The number of rotatable bonds is 10. The van der Waals surface area contributed by atoms with Crippen LogP contribution in [0.2, 0.25) is 0 Å².